The molecule has 0 aliphatic heterocycles. The number of hydrogen-bond donors (Lipinski definition) is 0. The Morgan fingerprint density at radius 2 is 2.00 bits per heavy atom. The Labute approximate surface area is 132 Å². The highest BCUT2D eigenvalue weighted by Crippen LogP contribution is 2.36. The molecule has 0 bridgehead atoms. The molecule has 1 aromatic rings. The third-order valence-corrected chi connectivity index (χ3v) is 4.53. The van der Waals surface area contributed by atoms with Crippen LogP contribution in [0.3, 0.4) is 0 Å². The first-order valence-electron chi connectivity index (χ1n) is 6.37. The van der Waals surface area contributed by atoms with E-state index < -0.39 is 0 Å². The maximum Gasteiger partial charge on any atom is 0.142 e. The van der Waals surface area contributed by atoms with Crippen LogP contribution in [0.15, 0.2) is 12.1 Å². The zero-order valence-electron chi connectivity index (χ0n) is 10.8. The van der Waals surface area contributed by atoms with E-state index in [1.165, 1.54) is 0 Å². The first kappa shape index (κ1) is 15.4. The third-order valence-electron chi connectivity index (χ3n) is 3.43. The average molecular weight is 368 g/mol. The molecule has 2 rings (SSSR count). The summed E-state index contributed by atoms with van der Waals surface area (Å²) in [6.07, 6.45) is 4.64. The molecule has 0 saturated heterocycles. The summed E-state index contributed by atoms with van der Waals surface area (Å²) in [4.78, 5) is 0. The van der Waals surface area contributed by atoms with E-state index in [1.807, 2.05) is 6.07 Å². The number of alkyl halides is 1. The van der Waals surface area contributed by atoms with Gasteiger partial charge in [-0.15, -0.1) is 0 Å². The van der Waals surface area contributed by atoms with E-state index in [9.17, 15) is 0 Å². The number of halogens is 3. The van der Waals surface area contributed by atoms with Crippen LogP contribution in [0.2, 0.25) is 10.0 Å². The summed E-state index contributed by atoms with van der Waals surface area (Å²) in [5.41, 5.74) is 0.983. The molecule has 0 spiro atoms. The van der Waals surface area contributed by atoms with Gasteiger partial charge in [-0.3, -0.25) is 0 Å². The summed E-state index contributed by atoms with van der Waals surface area (Å²) in [7, 11) is 1.76. The van der Waals surface area contributed by atoms with Crippen molar-refractivity contribution >= 4 is 39.1 Å². The van der Waals surface area contributed by atoms with Crippen molar-refractivity contribution in [1.29, 1.82) is 0 Å². The minimum Gasteiger partial charge on any atom is -0.488 e. The van der Waals surface area contributed by atoms with Crippen LogP contribution in [0, 0.1) is 0 Å². The van der Waals surface area contributed by atoms with Gasteiger partial charge in [0.2, 0.25) is 0 Å². The lowest BCUT2D eigenvalue weighted by Crippen LogP contribution is -2.29. The highest BCUT2D eigenvalue weighted by molar-refractivity contribution is 9.08. The van der Waals surface area contributed by atoms with Crippen molar-refractivity contribution in [1.82, 2.24) is 0 Å². The Morgan fingerprint density at radius 3 is 2.68 bits per heavy atom. The van der Waals surface area contributed by atoms with Crippen LogP contribution >= 0.6 is 39.1 Å². The zero-order valence-corrected chi connectivity index (χ0v) is 13.9. The van der Waals surface area contributed by atoms with Gasteiger partial charge in [-0.25, -0.2) is 0 Å². The smallest absolute Gasteiger partial charge is 0.142 e. The Morgan fingerprint density at radius 1 is 1.26 bits per heavy atom. The van der Waals surface area contributed by atoms with Crippen molar-refractivity contribution in [3.8, 4) is 5.75 Å². The van der Waals surface area contributed by atoms with Crippen molar-refractivity contribution in [3.63, 3.8) is 0 Å². The summed E-state index contributed by atoms with van der Waals surface area (Å²) in [6, 6.07) is 3.61. The van der Waals surface area contributed by atoms with Gasteiger partial charge in [0.25, 0.3) is 0 Å². The Bertz CT molecular complexity index is 440. The summed E-state index contributed by atoms with van der Waals surface area (Å²) in [6.45, 7) is 0. The molecule has 0 amide bonds. The molecule has 0 heterocycles. The van der Waals surface area contributed by atoms with Crippen LogP contribution in [0.25, 0.3) is 0 Å². The van der Waals surface area contributed by atoms with Gasteiger partial charge >= 0.3 is 0 Å². The van der Waals surface area contributed by atoms with Crippen molar-refractivity contribution in [2.45, 2.75) is 43.2 Å². The molecule has 1 aliphatic carbocycles. The van der Waals surface area contributed by atoms with Gasteiger partial charge in [0.15, 0.2) is 0 Å². The fourth-order valence-electron chi connectivity index (χ4n) is 2.43. The number of methoxy groups -OCH3 is 1. The minimum atomic E-state index is 0.162. The second-order valence-corrected chi connectivity index (χ2v) is 6.18. The van der Waals surface area contributed by atoms with E-state index >= 15 is 0 Å². The number of hydrogen-bond acceptors (Lipinski definition) is 2. The second-order valence-electron chi connectivity index (χ2n) is 4.77. The maximum absolute atomic E-state index is 6.24. The average Bonchev–Trinajstić information content (AvgIpc) is 2.41. The van der Waals surface area contributed by atoms with Gasteiger partial charge < -0.3 is 9.47 Å². The van der Waals surface area contributed by atoms with E-state index in [1.54, 1.807) is 13.2 Å². The van der Waals surface area contributed by atoms with Crippen molar-refractivity contribution in [3.05, 3.63) is 27.7 Å². The van der Waals surface area contributed by atoms with Crippen molar-refractivity contribution in [2.75, 3.05) is 7.11 Å². The van der Waals surface area contributed by atoms with Gasteiger partial charge in [0.05, 0.1) is 11.1 Å². The highest BCUT2D eigenvalue weighted by Gasteiger charge is 2.24. The van der Waals surface area contributed by atoms with Crippen molar-refractivity contribution in [2.24, 2.45) is 0 Å². The molecular weight excluding hydrogens is 351 g/mol. The van der Waals surface area contributed by atoms with Crippen molar-refractivity contribution < 1.29 is 9.47 Å². The van der Waals surface area contributed by atoms with E-state index in [0.29, 0.717) is 15.4 Å². The fourth-order valence-corrected chi connectivity index (χ4v) is 3.43. The van der Waals surface area contributed by atoms with Crippen LogP contribution < -0.4 is 4.74 Å². The van der Waals surface area contributed by atoms with Gasteiger partial charge in [-0.1, -0.05) is 39.1 Å². The molecule has 2 unspecified atom stereocenters. The Kier molecular flexibility index (Phi) is 5.82. The molecule has 1 saturated carbocycles. The van der Waals surface area contributed by atoms with Gasteiger partial charge in [-0.05, 0) is 31.4 Å². The molecule has 0 radical (unpaired) electrons. The van der Waals surface area contributed by atoms with Crippen LogP contribution in [0.1, 0.15) is 31.2 Å². The van der Waals surface area contributed by atoms with Gasteiger partial charge in [0.1, 0.15) is 11.9 Å². The molecule has 1 aliphatic rings. The Balaban J connectivity index is 2.14. The zero-order chi connectivity index (χ0) is 13.8. The fraction of sp³-hybridized carbons (Fsp3) is 0.571. The summed E-state index contributed by atoms with van der Waals surface area (Å²) < 4.78 is 11.5. The highest BCUT2D eigenvalue weighted by atomic mass is 79.9. The lowest BCUT2D eigenvalue weighted by Gasteiger charge is -2.29. The molecule has 1 aromatic carbocycles. The molecule has 5 heteroatoms. The molecule has 106 valence electrons. The molecule has 2 atom stereocenters. The number of rotatable bonds is 4. The van der Waals surface area contributed by atoms with Crippen LogP contribution in [0.4, 0.5) is 0 Å². The molecule has 0 N–H and O–H groups in total. The van der Waals surface area contributed by atoms with Crippen LogP contribution in [0.5, 0.6) is 5.75 Å². The molecule has 0 aromatic heterocycles. The van der Waals surface area contributed by atoms with Gasteiger partial charge in [0, 0.05) is 29.4 Å². The lowest BCUT2D eigenvalue weighted by molar-refractivity contribution is 0.0208. The van der Waals surface area contributed by atoms with Crippen LogP contribution in [-0.4, -0.2) is 19.3 Å². The Hall–Kier alpha value is 0.0400. The molecule has 19 heavy (non-hydrogen) atoms. The first-order valence-corrected chi connectivity index (χ1v) is 8.25. The minimum absolute atomic E-state index is 0.162. The van der Waals surface area contributed by atoms with E-state index in [-0.39, 0.29) is 12.2 Å². The quantitative estimate of drug-likeness (QED) is 0.678. The summed E-state index contributed by atoms with van der Waals surface area (Å²) in [5.74, 6) is 0.740. The first-order chi connectivity index (χ1) is 9.13. The summed E-state index contributed by atoms with van der Waals surface area (Å²) >= 11 is 15.7. The number of ether oxygens (including phenoxy) is 2. The molecule has 2 nitrogen and oxygen atoms in total. The largest absolute Gasteiger partial charge is 0.488 e. The lowest BCUT2D eigenvalue weighted by atomic mass is 9.95. The van der Waals surface area contributed by atoms with Gasteiger partial charge in [-0.2, -0.15) is 0 Å². The van der Waals surface area contributed by atoms with Crippen LogP contribution in [-0.2, 0) is 10.1 Å². The monoisotopic (exact) mass is 366 g/mol. The second kappa shape index (κ2) is 7.16. The summed E-state index contributed by atoms with van der Waals surface area (Å²) in [5, 5.41) is 1.87. The maximum atomic E-state index is 6.24. The molecular formula is C14H17BrCl2O2. The topological polar surface area (TPSA) is 18.5 Å². The predicted octanol–water partition coefficient (Wildman–Crippen LogP) is 5.22. The predicted molar refractivity (Wildman–Crippen MR) is 82.8 cm³/mol. The standard InChI is InChI=1S/C14H17BrCl2O2/c1-18-11-3-2-4-12(7-11)19-14-9(8-15)5-10(16)6-13(14)17/h5-6,11-12H,2-4,7-8H2,1H3. The number of benzene rings is 1. The normalized spacial score (nSPS) is 23.4. The van der Waals surface area contributed by atoms with E-state index in [0.717, 1.165) is 37.0 Å². The van der Waals surface area contributed by atoms with E-state index in [4.69, 9.17) is 32.7 Å². The molecule has 1 fully saturated rings. The SMILES string of the molecule is COC1CCCC(Oc2c(Cl)cc(Cl)cc2CBr)C1. The third kappa shape index (κ3) is 4.01. The van der Waals surface area contributed by atoms with E-state index in [2.05, 4.69) is 15.9 Å².